The van der Waals surface area contributed by atoms with Crippen molar-refractivity contribution in [1.29, 1.82) is 0 Å². The number of nitrogens with zero attached hydrogens (tertiary/aromatic N) is 1. The lowest BCUT2D eigenvalue weighted by molar-refractivity contribution is -0.137. The molecule has 4 rings (SSSR count). The number of alkyl halides is 3. The number of sulfonamides is 1. The van der Waals surface area contributed by atoms with Crippen molar-refractivity contribution in [1.82, 2.24) is 0 Å². The van der Waals surface area contributed by atoms with E-state index in [4.69, 9.17) is 11.6 Å². The lowest BCUT2D eigenvalue weighted by Gasteiger charge is -2.17. The second-order valence-corrected chi connectivity index (χ2v) is 9.17. The first-order chi connectivity index (χ1) is 15.0. The van der Waals surface area contributed by atoms with Crippen LogP contribution in [0.4, 0.5) is 23.2 Å². The van der Waals surface area contributed by atoms with E-state index >= 15 is 0 Å². The van der Waals surface area contributed by atoms with Gasteiger partial charge >= 0.3 is 6.18 Å². The molecule has 0 bridgehead atoms. The second kappa shape index (κ2) is 8.22. The fraction of sp³-hybridized carbons (Fsp3) is 0.136. The highest BCUT2D eigenvalue weighted by Gasteiger charge is 2.32. The molecule has 0 aliphatic carbocycles. The highest BCUT2D eigenvalue weighted by Crippen LogP contribution is 2.34. The van der Waals surface area contributed by atoms with Gasteiger partial charge in [0, 0.05) is 23.4 Å². The molecule has 0 amide bonds. The van der Waals surface area contributed by atoms with E-state index in [0.717, 1.165) is 11.6 Å². The van der Waals surface area contributed by atoms with Crippen LogP contribution in [0.15, 0.2) is 70.6 Å². The van der Waals surface area contributed by atoms with E-state index in [1.54, 1.807) is 18.2 Å². The third-order valence-electron chi connectivity index (χ3n) is 4.94. The Hall–Kier alpha value is -2.91. The molecule has 0 saturated heterocycles. The Kier molecular flexibility index (Phi) is 5.72. The van der Waals surface area contributed by atoms with Gasteiger partial charge in [0.15, 0.2) is 0 Å². The van der Waals surface area contributed by atoms with Gasteiger partial charge in [-0.15, -0.1) is 0 Å². The Bertz CT molecular complexity index is 1320. The summed E-state index contributed by atoms with van der Waals surface area (Å²) in [5.41, 5.74) is 2.06. The maximum Gasteiger partial charge on any atom is 0.416 e. The van der Waals surface area contributed by atoms with Crippen LogP contribution in [0, 0.1) is 5.82 Å². The van der Waals surface area contributed by atoms with Gasteiger partial charge in [-0.3, -0.25) is 9.71 Å². The molecule has 3 aromatic rings. The number of anilines is 1. The summed E-state index contributed by atoms with van der Waals surface area (Å²) in [6.45, 7) is 0.550. The maximum atomic E-state index is 13.7. The molecular formula is C22H15ClF4N2O2S. The molecule has 0 saturated carbocycles. The number of hydrogen-bond acceptors (Lipinski definition) is 3. The molecule has 1 N–H and O–H groups in total. The lowest BCUT2D eigenvalue weighted by Crippen LogP contribution is -2.16. The summed E-state index contributed by atoms with van der Waals surface area (Å²) in [6.07, 6.45) is -3.94. The molecule has 0 unspecified atom stereocenters. The smallest absolute Gasteiger partial charge is 0.284 e. The maximum absolute atomic E-state index is 13.7. The van der Waals surface area contributed by atoms with Crippen molar-refractivity contribution in [3.63, 3.8) is 0 Å². The van der Waals surface area contributed by atoms with Crippen LogP contribution in [-0.4, -0.2) is 20.7 Å². The summed E-state index contributed by atoms with van der Waals surface area (Å²) >= 11 is 5.81. The monoisotopic (exact) mass is 482 g/mol. The van der Waals surface area contributed by atoms with E-state index in [2.05, 4.69) is 9.71 Å². The topological polar surface area (TPSA) is 58.5 Å². The Morgan fingerprint density at radius 3 is 2.34 bits per heavy atom. The molecule has 0 aromatic heterocycles. The summed E-state index contributed by atoms with van der Waals surface area (Å²) in [6, 6.07) is 12.8. The van der Waals surface area contributed by atoms with Crippen molar-refractivity contribution in [3.05, 3.63) is 93.8 Å². The number of fused-ring (bicyclic) bond motifs is 1. The van der Waals surface area contributed by atoms with Gasteiger partial charge in [-0.2, -0.15) is 13.2 Å². The molecule has 0 radical (unpaired) electrons. The van der Waals surface area contributed by atoms with Crippen LogP contribution in [0.1, 0.15) is 22.3 Å². The first kappa shape index (κ1) is 22.3. The van der Waals surface area contributed by atoms with Crippen LogP contribution in [0.2, 0.25) is 5.02 Å². The first-order valence-corrected chi connectivity index (χ1v) is 11.2. The van der Waals surface area contributed by atoms with Crippen molar-refractivity contribution >= 4 is 33.0 Å². The van der Waals surface area contributed by atoms with Crippen LogP contribution in [0.25, 0.3) is 0 Å². The normalized spacial score (nSPS) is 14.0. The fourth-order valence-electron chi connectivity index (χ4n) is 3.41. The van der Waals surface area contributed by atoms with Crippen molar-refractivity contribution in [2.45, 2.75) is 17.5 Å². The van der Waals surface area contributed by atoms with Gasteiger partial charge in [-0.1, -0.05) is 29.8 Å². The third-order valence-corrected chi connectivity index (χ3v) is 6.80. The SMILES string of the molecule is O=S(=O)(Nc1ccc(C2=NCCc3ccc(F)cc32)cc1)c1ccc(C(F)(F)F)cc1Cl. The van der Waals surface area contributed by atoms with Gasteiger partial charge in [0.2, 0.25) is 0 Å². The van der Waals surface area contributed by atoms with Crippen molar-refractivity contribution in [3.8, 4) is 0 Å². The first-order valence-electron chi connectivity index (χ1n) is 9.38. The molecule has 3 aromatic carbocycles. The van der Waals surface area contributed by atoms with Crippen LogP contribution < -0.4 is 4.72 Å². The lowest BCUT2D eigenvalue weighted by atomic mass is 9.93. The van der Waals surface area contributed by atoms with E-state index in [1.807, 2.05) is 0 Å². The van der Waals surface area contributed by atoms with Gasteiger partial charge in [-0.05, 0) is 54.4 Å². The fourth-order valence-corrected chi connectivity index (χ4v) is 5.01. The minimum Gasteiger partial charge on any atom is -0.284 e. The van der Waals surface area contributed by atoms with Crippen molar-refractivity contribution < 1.29 is 26.0 Å². The van der Waals surface area contributed by atoms with Crippen molar-refractivity contribution in [2.75, 3.05) is 11.3 Å². The van der Waals surface area contributed by atoms with E-state index in [9.17, 15) is 26.0 Å². The molecule has 1 heterocycles. The van der Waals surface area contributed by atoms with E-state index < -0.39 is 31.7 Å². The van der Waals surface area contributed by atoms with Gasteiger partial charge in [0.25, 0.3) is 10.0 Å². The number of aliphatic imine (C=N–C) groups is 1. The minimum absolute atomic E-state index is 0.181. The molecular weight excluding hydrogens is 468 g/mol. The zero-order valence-electron chi connectivity index (χ0n) is 16.2. The molecule has 0 atom stereocenters. The van der Waals surface area contributed by atoms with Gasteiger partial charge in [0.05, 0.1) is 16.3 Å². The van der Waals surface area contributed by atoms with Crippen LogP contribution >= 0.6 is 11.6 Å². The zero-order valence-corrected chi connectivity index (χ0v) is 17.8. The zero-order chi connectivity index (χ0) is 23.1. The summed E-state index contributed by atoms with van der Waals surface area (Å²) in [4.78, 5) is 4.00. The van der Waals surface area contributed by atoms with Gasteiger partial charge in [0.1, 0.15) is 10.7 Å². The Labute approximate surface area is 186 Å². The summed E-state index contributed by atoms with van der Waals surface area (Å²) < 4.78 is 79.7. The Morgan fingerprint density at radius 1 is 0.969 bits per heavy atom. The predicted octanol–water partition coefficient (Wildman–Crippen LogP) is 5.69. The summed E-state index contributed by atoms with van der Waals surface area (Å²) in [5.74, 6) is -0.379. The average molecular weight is 483 g/mol. The molecule has 10 heteroatoms. The predicted molar refractivity (Wildman–Crippen MR) is 114 cm³/mol. The highest BCUT2D eigenvalue weighted by molar-refractivity contribution is 7.92. The van der Waals surface area contributed by atoms with Gasteiger partial charge in [-0.25, -0.2) is 12.8 Å². The molecule has 0 fully saturated rings. The van der Waals surface area contributed by atoms with Crippen LogP contribution in [0.3, 0.4) is 0 Å². The van der Waals surface area contributed by atoms with Gasteiger partial charge < -0.3 is 0 Å². The number of nitrogens with one attached hydrogen (secondary N) is 1. The largest absolute Gasteiger partial charge is 0.416 e. The number of halogens is 5. The quantitative estimate of drug-likeness (QED) is 0.485. The second-order valence-electron chi connectivity index (χ2n) is 7.11. The molecule has 4 nitrogen and oxygen atoms in total. The van der Waals surface area contributed by atoms with E-state index in [-0.39, 0.29) is 11.5 Å². The molecule has 1 aliphatic heterocycles. The number of rotatable bonds is 4. The summed E-state index contributed by atoms with van der Waals surface area (Å²) in [5, 5.41) is -0.542. The third kappa shape index (κ3) is 4.49. The van der Waals surface area contributed by atoms with Crippen molar-refractivity contribution in [2.24, 2.45) is 4.99 Å². The van der Waals surface area contributed by atoms with Crippen LogP contribution in [0.5, 0.6) is 0 Å². The summed E-state index contributed by atoms with van der Waals surface area (Å²) in [7, 11) is -4.23. The minimum atomic E-state index is -4.64. The Balaban J connectivity index is 1.58. The molecule has 166 valence electrons. The standard InChI is InChI=1S/C22H15ClF4N2O2S/c23-19-11-15(22(25,26)27)4-8-20(19)32(30,31)29-17-6-2-14(3-7-17)21-18-12-16(24)5-1-13(18)9-10-28-21/h1-8,11-12,29H,9-10H2. The molecule has 0 spiro atoms. The van der Waals surface area contributed by atoms with E-state index in [1.165, 1.54) is 24.3 Å². The number of benzene rings is 3. The van der Waals surface area contributed by atoms with E-state index in [0.29, 0.717) is 41.9 Å². The highest BCUT2D eigenvalue weighted by atomic mass is 35.5. The average Bonchev–Trinajstić information content (AvgIpc) is 2.73. The molecule has 1 aliphatic rings. The Morgan fingerprint density at radius 2 is 1.69 bits per heavy atom. The molecule has 32 heavy (non-hydrogen) atoms. The van der Waals surface area contributed by atoms with Crippen LogP contribution in [-0.2, 0) is 22.6 Å². The number of hydrogen-bond donors (Lipinski definition) is 1.